The molecule has 0 saturated carbocycles. The quantitative estimate of drug-likeness (QED) is 0.805. The zero-order valence-electron chi connectivity index (χ0n) is 13.8. The highest BCUT2D eigenvalue weighted by Crippen LogP contribution is 2.44. The Bertz CT molecular complexity index is 706. The van der Waals surface area contributed by atoms with Crippen LogP contribution in [0.2, 0.25) is 0 Å². The Morgan fingerprint density at radius 3 is 2.88 bits per heavy atom. The highest BCUT2D eigenvalue weighted by atomic mass is 79.9. The predicted molar refractivity (Wildman–Crippen MR) is 88.6 cm³/mol. The van der Waals surface area contributed by atoms with Gasteiger partial charge in [0.2, 0.25) is 5.88 Å². The lowest BCUT2D eigenvalue weighted by atomic mass is 9.72. The number of carboxylic acid groups (broad SMARTS) is 1. The summed E-state index contributed by atoms with van der Waals surface area (Å²) in [6, 6.07) is 3.49. The second-order valence-corrected chi connectivity index (χ2v) is 7.62. The van der Waals surface area contributed by atoms with E-state index >= 15 is 0 Å². The lowest BCUT2D eigenvalue weighted by Gasteiger charge is -2.44. The number of halogens is 3. The van der Waals surface area contributed by atoms with Crippen LogP contribution in [0.3, 0.4) is 0 Å². The van der Waals surface area contributed by atoms with Crippen molar-refractivity contribution in [1.29, 1.82) is 5.26 Å². The topological polar surface area (TPSA) is 86.5 Å². The van der Waals surface area contributed by atoms with E-state index in [9.17, 15) is 13.6 Å². The van der Waals surface area contributed by atoms with Gasteiger partial charge in [0.25, 0.3) is 5.92 Å². The van der Waals surface area contributed by atoms with Gasteiger partial charge in [0.15, 0.2) is 0 Å². The number of amides is 1. The largest absolute Gasteiger partial charge is 0.476 e. The molecule has 2 rings (SSSR count). The summed E-state index contributed by atoms with van der Waals surface area (Å²) in [5.41, 5.74) is -0.729. The molecule has 1 aromatic rings. The lowest BCUT2D eigenvalue weighted by molar-refractivity contribution is -0.147. The van der Waals surface area contributed by atoms with Crippen molar-refractivity contribution in [2.75, 3.05) is 19.7 Å². The van der Waals surface area contributed by atoms with Gasteiger partial charge in [0.1, 0.15) is 11.6 Å². The first-order valence-corrected chi connectivity index (χ1v) is 8.40. The van der Waals surface area contributed by atoms with Crippen molar-refractivity contribution in [3.05, 3.63) is 22.3 Å². The van der Waals surface area contributed by atoms with Crippen molar-refractivity contribution < 1.29 is 23.4 Å². The van der Waals surface area contributed by atoms with Gasteiger partial charge in [-0.15, -0.1) is 0 Å². The second-order valence-electron chi connectivity index (χ2n) is 6.70. The first-order valence-electron chi connectivity index (χ1n) is 7.61. The molecule has 9 heteroatoms. The van der Waals surface area contributed by atoms with E-state index in [-0.39, 0.29) is 31.0 Å². The maximum atomic E-state index is 14.5. The molecular formula is C16H18BrF2N3O3. The average molecular weight is 418 g/mol. The number of hydrogen-bond donors (Lipinski definition) is 1. The molecule has 136 valence electrons. The summed E-state index contributed by atoms with van der Waals surface area (Å²) in [6.45, 7) is 2.46. The number of hydrogen-bond acceptors (Lipinski definition) is 4. The number of aromatic nitrogens is 1. The maximum Gasteiger partial charge on any atom is 0.407 e. The minimum atomic E-state index is -3.16. The SMILES string of the molecule is CC(C)(COc1ncc(Br)cc1C#N)C1CCN(C(=O)O)CC1(F)F. The molecule has 1 atom stereocenters. The summed E-state index contributed by atoms with van der Waals surface area (Å²) in [5, 5.41) is 18.0. The monoisotopic (exact) mass is 417 g/mol. The van der Waals surface area contributed by atoms with Crippen LogP contribution in [-0.2, 0) is 0 Å². The molecule has 1 amide bonds. The van der Waals surface area contributed by atoms with Crippen LogP contribution in [0.5, 0.6) is 5.88 Å². The fourth-order valence-electron chi connectivity index (χ4n) is 3.04. The van der Waals surface area contributed by atoms with Crippen LogP contribution in [0.25, 0.3) is 0 Å². The third-order valence-electron chi connectivity index (χ3n) is 4.33. The Morgan fingerprint density at radius 1 is 1.64 bits per heavy atom. The first-order chi connectivity index (χ1) is 11.6. The van der Waals surface area contributed by atoms with Gasteiger partial charge in [-0.25, -0.2) is 18.6 Å². The molecule has 0 aliphatic carbocycles. The van der Waals surface area contributed by atoms with Crippen LogP contribution in [0.1, 0.15) is 25.8 Å². The Morgan fingerprint density at radius 2 is 2.32 bits per heavy atom. The number of rotatable bonds is 4. The summed E-state index contributed by atoms with van der Waals surface area (Å²) in [4.78, 5) is 15.7. The van der Waals surface area contributed by atoms with Gasteiger partial charge in [0.05, 0.1) is 13.2 Å². The molecule has 2 heterocycles. The highest BCUT2D eigenvalue weighted by molar-refractivity contribution is 9.10. The molecule has 1 aliphatic heterocycles. The van der Waals surface area contributed by atoms with Gasteiger partial charge < -0.3 is 14.7 Å². The first kappa shape index (κ1) is 19.4. The van der Waals surface area contributed by atoms with Gasteiger partial charge in [-0.2, -0.15) is 5.26 Å². The number of piperidine rings is 1. The predicted octanol–water partition coefficient (Wildman–Crippen LogP) is 3.76. The van der Waals surface area contributed by atoms with Crippen LogP contribution >= 0.6 is 15.9 Å². The number of nitrogens with zero attached hydrogens (tertiary/aromatic N) is 3. The summed E-state index contributed by atoms with van der Waals surface area (Å²) >= 11 is 3.20. The van der Waals surface area contributed by atoms with Crippen LogP contribution in [0, 0.1) is 22.7 Å². The second kappa shape index (κ2) is 7.12. The number of likely N-dealkylation sites (tertiary alicyclic amines) is 1. The van der Waals surface area contributed by atoms with Crippen LogP contribution in [-0.4, -0.2) is 46.7 Å². The molecule has 1 aromatic heterocycles. The smallest absolute Gasteiger partial charge is 0.407 e. The van der Waals surface area contributed by atoms with Crippen molar-refractivity contribution in [3.63, 3.8) is 0 Å². The molecule has 1 fully saturated rings. The van der Waals surface area contributed by atoms with Crippen LogP contribution in [0.4, 0.5) is 13.6 Å². The van der Waals surface area contributed by atoms with E-state index in [0.29, 0.717) is 4.47 Å². The van der Waals surface area contributed by atoms with Crippen LogP contribution in [0.15, 0.2) is 16.7 Å². The Hall–Kier alpha value is -1.95. The fraction of sp³-hybridized carbons (Fsp3) is 0.562. The Labute approximate surface area is 152 Å². The zero-order valence-corrected chi connectivity index (χ0v) is 15.4. The Balaban J connectivity index is 2.11. The maximum absolute atomic E-state index is 14.5. The van der Waals surface area contributed by atoms with Crippen molar-refractivity contribution in [2.24, 2.45) is 11.3 Å². The highest BCUT2D eigenvalue weighted by Gasteiger charge is 2.52. The number of alkyl halides is 2. The molecule has 25 heavy (non-hydrogen) atoms. The molecule has 0 aromatic carbocycles. The van der Waals surface area contributed by atoms with E-state index in [4.69, 9.17) is 15.1 Å². The molecule has 1 aliphatic rings. The van der Waals surface area contributed by atoms with Crippen LogP contribution < -0.4 is 4.74 Å². The van der Waals surface area contributed by atoms with E-state index in [1.54, 1.807) is 13.8 Å². The number of nitriles is 1. The number of pyridine rings is 1. The van der Waals surface area contributed by atoms with Gasteiger partial charge in [0, 0.05) is 28.5 Å². The van der Waals surface area contributed by atoms with Crippen molar-refractivity contribution >= 4 is 22.0 Å². The minimum absolute atomic E-state index is 0.0362. The van der Waals surface area contributed by atoms with E-state index < -0.39 is 29.9 Å². The van der Waals surface area contributed by atoms with Crippen molar-refractivity contribution in [3.8, 4) is 11.9 Å². The molecule has 1 unspecified atom stereocenters. The third kappa shape index (κ3) is 4.37. The van der Waals surface area contributed by atoms with E-state index in [1.807, 2.05) is 6.07 Å². The Kier molecular flexibility index (Phi) is 5.52. The average Bonchev–Trinajstić information content (AvgIpc) is 2.52. The lowest BCUT2D eigenvalue weighted by Crippen LogP contribution is -2.55. The summed E-state index contributed by atoms with van der Waals surface area (Å²) in [7, 11) is 0. The summed E-state index contributed by atoms with van der Waals surface area (Å²) < 4.78 is 35.1. The molecule has 1 N–H and O–H groups in total. The van der Waals surface area contributed by atoms with Gasteiger partial charge in [-0.3, -0.25) is 0 Å². The van der Waals surface area contributed by atoms with Gasteiger partial charge in [-0.05, 0) is 28.4 Å². The molecule has 0 radical (unpaired) electrons. The van der Waals surface area contributed by atoms with Crippen molar-refractivity contribution in [1.82, 2.24) is 9.88 Å². The fourth-order valence-corrected chi connectivity index (χ4v) is 3.37. The van der Waals surface area contributed by atoms with E-state index in [0.717, 1.165) is 4.90 Å². The third-order valence-corrected chi connectivity index (χ3v) is 4.77. The van der Waals surface area contributed by atoms with Gasteiger partial charge in [-0.1, -0.05) is 13.8 Å². The summed E-state index contributed by atoms with van der Waals surface area (Å²) in [5.74, 6) is -4.11. The molecular weight excluding hydrogens is 400 g/mol. The summed E-state index contributed by atoms with van der Waals surface area (Å²) in [6.07, 6.45) is 0.155. The molecule has 0 spiro atoms. The number of ether oxygens (including phenoxy) is 1. The molecule has 6 nitrogen and oxygen atoms in total. The zero-order chi connectivity index (χ0) is 18.8. The van der Waals surface area contributed by atoms with E-state index in [1.165, 1.54) is 12.3 Å². The standard InChI is InChI=1S/C16H18BrF2N3O3/c1-15(2,9-25-13-10(6-20)5-11(17)7-21-13)12-3-4-22(14(23)24)8-16(12,18)19/h5,7,12H,3-4,8-9H2,1-2H3,(H,23,24). The minimum Gasteiger partial charge on any atom is -0.476 e. The molecule has 1 saturated heterocycles. The number of carbonyl (C=O) groups is 1. The van der Waals surface area contributed by atoms with Gasteiger partial charge >= 0.3 is 6.09 Å². The van der Waals surface area contributed by atoms with Crippen molar-refractivity contribution in [2.45, 2.75) is 26.2 Å². The molecule has 0 bridgehead atoms. The van der Waals surface area contributed by atoms with E-state index in [2.05, 4.69) is 20.9 Å². The normalized spacial score (nSPS) is 20.0.